The van der Waals surface area contributed by atoms with Crippen LogP contribution in [0.15, 0.2) is 71.8 Å². The number of carbonyl (C=O) groups is 1. The van der Waals surface area contributed by atoms with E-state index in [9.17, 15) is 18.5 Å². The van der Waals surface area contributed by atoms with Gasteiger partial charge in [-0.3, -0.25) is 14.5 Å². The fourth-order valence-electron chi connectivity index (χ4n) is 2.78. The minimum Gasteiger partial charge on any atom is -0.292 e. The number of aromatic nitrogens is 1. The number of rotatable bonds is 6. The van der Waals surface area contributed by atoms with E-state index in [-0.39, 0.29) is 10.5 Å². The topological polar surface area (TPSA) is 99.9 Å². The third-order valence-electron chi connectivity index (χ3n) is 4.21. The highest BCUT2D eigenvalue weighted by Gasteiger charge is 2.25. The molecule has 0 saturated heterocycles. The predicted octanol–water partition coefficient (Wildman–Crippen LogP) is 4.33. The first-order valence-corrected chi connectivity index (χ1v) is 10.4. The number of aryl methyl sites for hydroxylation is 1. The molecule has 1 heterocycles. The van der Waals surface area contributed by atoms with Gasteiger partial charge in [0.2, 0.25) is 0 Å². The van der Waals surface area contributed by atoms with Gasteiger partial charge < -0.3 is 0 Å². The van der Waals surface area contributed by atoms with Crippen molar-refractivity contribution in [3.8, 4) is 6.07 Å². The first-order valence-electron chi connectivity index (χ1n) is 8.55. The van der Waals surface area contributed by atoms with Gasteiger partial charge in [-0.25, -0.2) is 8.42 Å². The molecule has 0 radical (unpaired) electrons. The third kappa shape index (κ3) is 4.62. The highest BCUT2D eigenvalue weighted by atomic mass is 35.5. The number of anilines is 1. The summed E-state index contributed by atoms with van der Waals surface area (Å²) < 4.78 is 28.2. The minimum atomic E-state index is -3.97. The molecule has 8 heteroatoms. The van der Waals surface area contributed by atoms with E-state index >= 15 is 0 Å². The van der Waals surface area contributed by atoms with E-state index < -0.39 is 21.7 Å². The lowest BCUT2D eigenvalue weighted by Gasteiger charge is -2.13. The number of ketones is 1. The summed E-state index contributed by atoms with van der Waals surface area (Å²) in [5, 5.41) is 9.85. The molecule has 0 aliphatic rings. The number of nitriles is 1. The molecule has 6 nitrogen and oxygen atoms in total. The number of Topliss-reactive ketones (excluding diaryl/α,β-unsaturated/α-hetero) is 1. The number of hydrogen-bond donors (Lipinski definition) is 1. The fourth-order valence-corrected chi connectivity index (χ4v) is 4.29. The maximum atomic E-state index is 12.9. The molecule has 0 aliphatic heterocycles. The number of nitrogens with zero attached hydrogens (tertiary/aromatic N) is 2. The Bertz CT molecular complexity index is 1210. The Morgan fingerprint density at radius 2 is 1.93 bits per heavy atom. The number of nitrogens with one attached hydrogen (secondary N) is 1. The van der Waals surface area contributed by atoms with Crippen molar-refractivity contribution < 1.29 is 13.2 Å². The molecule has 3 rings (SSSR count). The molecule has 146 valence electrons. The Morgan fingerprint density at radius 3 is 2.59 bits per heavy atom. The van der Waals surface area contributed by atoms with Gasteiger partial charge in [-0.05, 0) is 48.9 Å². The molecule has 1 N–H and O–H groups in total. The van der Waals surface area contributed by atoms with Crippen LogP contribution in [0.2, 0.25) is 5.02 Å². The van der Waals surface area contributed by atoms with Crippen molar-refractivity contribution in [3.63, 3.8) is 0 Å². The lowest BCUT2D eigenvalue weighted by molar-refractivity contribution is 0.0977. The van der Waals surface area contributed by atoms with Crippen LogP contribution in [-0.4, -0.2) is 19.2 Å². The Hall–Kier alpha value is -3.21. The fraction of sp³-hybridized carbons (Fsp3) is 0.0952. The lowest BCUT2D eigenvalue weighted by Crippen LogP contribution is -2.17. The largest absolute Gasteiger partial charge is 0.292 e. The average Bonchev–Trinajstić information content (AvgIpc) is 2.69. The van der Waals surface area contributed by atoms with E-state index in [2.05, 4.69) is 9.71 Å². The maximum absolute atomic E-state index is 12.9. The Labute approximate surface area is 173 Å². The van der Waals surface area contributed by atoms with Gasteiger partial charge in [0.05, 0.1) is 22.3 Å². The molecule has 0 fully saturated rings. The second kappa shape index (κ2) is 8.43. The summed E-state index contributed by atoms with van der Waals surface area (Å²) in [5.74, 6) is -1.65. The van der Waals surface area contributed by atoms with E-state index in [0.717, 1.165) is 0 Å². The Kier molecular flexibility index (Phi) is 5.97. The molecule has 0 spiro atoms. The first-order chi connectivity index (χ1) is 13.8. The van der Waals surface area contributed by atoms with Crippen LogP contribution in [0.5, 0.6) is 0 Å². The van der Waals surface area contributed by atoms with Gasteiger partial charge >= 0.3 is 0 Å². The number of carbonyl (C=O) groups excluding carboxylic acids is 1. The zero-order valence-corrected chi connectivity index (χ0v) is 16.9. The van der Waals surface area contributed by atoms with Crippen molar-refractivity contribution >= 4 is 33.1 Å². The van der Waals surface area contributed by atoms with Crippen LogP contribution < -0.4 is 4.72 Å². The summed E-state index contributed by atoms with van der Waals surface area (Å²) >= 11 is 5.91. The van der Waals surface area contributed by atoms with Gasteiger partial charge in [0.15, 0.2) is 11.7 Å². The molecule has 0 aliphatic carbocycles. The van der Waals surface area contributed by atoms with Gasteiger partial charge in [-0.2, -0.15) is 5.26 Å². The van der Waals surface area contributed by atoms with Crippen molar-refractivity contribution in [2.24, 2.45) is 0 Å². The first kappa shape index (κ1) is 20.5. The van der Waals surface area contributed by atoms with Gasteiger partial charge in [0.1, 0.15) is 0 Å². The summed E-state index contributed by atoms with van der Waals surface area (Å²) in [4.78, 5) is 16.9. The molecular formula is C21H16ClN3O3S. The monoisotopic (exact) mass is 425 g/mol. The second-order valence-corrected chi connectivity index (χ2v) is 8.36. The third-order valence-corrected chi connectivity index (χ3v) is 5.97. The molecule has 2 aromatic carbocycles. The number of hydrogen-bond acceptors (Lipinski definition) is 5. The van der Waals surface area contributed by atoms with E-state index in [0.29, 0.717) is 22.0 Å². The number of benzene rings is 2. The van der Waals surface area contributed by atoms with Crippen molar-refractivity contribution in [2.45, 2.75) is 17.7 Å². The van der Waals surface area contributed by atoms with Gasteiger partial charge in [0.25, 0.3) is 10.0 Å². The van der Waals surface area contributed by atoms with Crippen LogP contribution in [0.25, 0.3) is 0 Å². The van der Waals surface area contributed by atoms with Gasteiger partial charge in [-0.15, -0.1) is 0 Å². The second-order valence-electron chi connectivity index (χ2n) is 6.28. The number of halogens is 1. The van der Waals surface area contributed by atoms with Crippen molar-refractivity contribution in [1.29, 1.82) is 5.26 Å². The Balaban J connectivity index is 1.97. The molecule has 1 aromatic heterocycles. The normalized spacial score (nSPS) is 12.0. The van der Waals surface area contributed by atoms with Gasteiger partial charge in [-0.1, -0.05) is 35.9 Å². The standard InChI is InChI=1S/C21H16ClN3O3S/c1-14-8-9-15(21(26)18(13-23)19-7-2-3-10-24-19)11-20(14)29(27,28)25-17-6-4-5-16(22)12-17/h2-12,18,25H,1H3/t18-/m1/s1. The summed E-state index contributed by atoms with van der Waals surface area (Å²) in [6.45, 7) is 1.63. The average molecular weight is 426 g/mol. The highest BCUT2D eigenvalue weighted by molar-refractivity contribution is 7.92. The lowest BCUT2D eigenvalue weighted by atomic mass is 9.95. The van der Waals surface area contributed by atoms with Crippen LogP contribution >= 0.6 is 11.6 Å². The molecule has 29 heavy (non-hydrogen) atoms. The zero-order chi connectivity index (χ0) is 21.0. The van der Waals surface area contributed by atoms with Gasteiger partial charge in [0, 0.05) is 16.8 Å². The molecule has 1 atom stereocenters. The van der Waals surface area contributed by atoms with Crippen molar-refractivity contribution in [2.75, 3.05) is 4.72 Å². The van der Waals surface area contributed by atoms with E-state index in [1.165, 1.54) is 30.5 Å². The van der Waals surface area contributed by atoms with Crippen LogP contribution in [0.1, 0.15) is 27.5 Å². The highest BCUT2D eigenvalue weighted by Crippen LogP contribution is 2.25. The van der Waals surface area contributed by atoms with Crippen LogP contribution in [0, 0.1) is 18.3 Å². The maximum Gasteiger partial charge on any atom is 0.262 e. The summed E-state index contributed by atoms with van der Waals surface area (Å²) in [6.07, 6.45) is 1.49. The zero-order valence-electron chi connectivity index (χ0n) is 15.3. The number of sulfonamides is 1. The number of pyridine rings is 1. The minimum absolute atomic E-state index is 0.0546. The van der Waals surface area contributed by atoms with Crippen molar-refractivity contribution in [3.05, 3.63) is 88.7 Å². The molecule has 3 aromatic rings. The summed E-state index contributed by atoms with van der Waals surface area (Å²) in [7, 11) is -3.97. The van der Waals surface area contributed by atoms with Crippen molar-refractivity contribution in [1.82, 2.24) is 4.98 Å². The molecule has 0 bridgehead atoms. The quantitative estimate of drug-likeness (QED) is 0.592. The van der Waals surface area contributed by atoms with Crippen LogP contribution in [-0.2, 0) is 10.0 Å². The molecule has 0 unspecified atom stereocenters. The molecule has 0 amide bonds. The van der Waals surface area contributed by atoms with E-state index in [1.54, 1.807) is 43.3 Å². The predicted molar refractivity (Wildman–Crippen MR) is 110 cm³/mol. The Morgan fingerprint density at radius 1 is 1.14 bits per heavy atom. The molecular weight excluding hydrogens is 410 g/mol. The summed E-state index contributed by atoms with van der Waals surface area (Å²) in [5.41, 5.74) is 1.18. The SMILES string of the molecule is Cc1ccc(C(=O)[C@H](C#N)c2ccccn2)cc1S(=O)(=O)Nc1cccc(Cl)c1. The molecule has 0 saturated carbocycles. The smallest absolute Gasteiger partial charge is 0.262 e. The summed E-state index contributed by atoms with van der Waals surface area (Å²) in [6, 6.07) is 17.5. The van der Waals surface area contributed by atoms with E-state index in [4.69, 9.17) is 11.6 Å². The van der Waals surface area contributed by atoms with Crippen LogP contribution in [0.3, 0.4) is 0 Å². The van der Waals surface area contributed by atoms with Crippen LogP contribution in [0.4, 0.5) is 5.69 Å². The van der Waals surface area contributed by atoms with E-state index in [1.807, 2.05) is 6.07 Å².